The van der Waals surface area contributed by atoms with Crippen molar-refractivity contribution in [1.82, 2.24) is 4.40 Å². The number of rotatable bonds is 0. The molecular formula is C32H21NO2S. The van der Waals surface area contributed by atoms with Gasteiger partial charge in [0.1, 0.15) is 0 Å². The van der Waals surface area contributed by atoms with Gasteiger partial charge in [0.15, 0.2) is 5.43 Å². The van der Waals surface area contributed by atoms with Crippen LogP contribution in [0.25, 0.3) is 58.8 Å². The third kappa shape index (κ3) is 2.85. The Balaban J connectivity index is 2.05. The Morgan fingerprint density at radius 2 is 1.19 bits per heavy atom. The number of benzene rings is 4. The molecule has 0 amide bonds. The number of pyridine rings is 1. The SMILES string of the molecule is Cc1ccc2c(c1)c1ccccc1c(=O)c1ccccc1c1cc(C)cc3c4sccc4c(=O)n2c13. The fourth-order valence-corrected chi connectivity index (χ4v) is 6.48. The van der Waals surface area contributed by atoms with Crippen molar-refractivity contribution in [3.8, 4) is 0 Å². The topological polar surface area (TPSA) is 38.5 Å². The van der Waals surface area contributed by atoms with Crippen molar-refractivity contribution in [1.29, 1.82) is 0 Å². The third-order valence-corrected chi connectivity index (χ3v) is 8.09. The quantitative estimate of drug-likeness (QED) is 0.222. The van der Waals surface area contributed by atoms with Crippen LogP contribution in [0.3, 0.4) is 0 Å². The molecule has 4 heteroatoms. The molecule has 0 fully saturated rings. The van der Waals surface area contributed by atoms with Crippen molar-refractivity contribution in [3.63, 3.8) is 0 Å². The summed E-state index contributed by atoms with van der Waals surface area (Å²) in [6, 6.07) is 27.8. The van der Waals surface area contributed by atoms with E-state index in [0.29, 0.717) is 16.2 Å². The maximum Gasteiger partial charge on any atom is 0.264 e. The predicted molar refractivity (Wildman–Crippen MR) is 154 cm³/mol. The lowest BCUT2D eigenvalue weighted by molar-refractivity contribution is 1.20. The Morgan fingerprint density at radius 1 is 0.583 bits per heavy atom. The first-order valence-corrected chi connectivity index (χ1v) is 12.8. The standard InChI is InChI=1S/C32H21NO2S/c1-18-11-12-28-25(15-18)20-7-3-5-9-22(20)30(34)23-10-6-4-8-21(23)26-16-19(2)17-27-29(26)33(28)32(35)24-13-14-36-31(24)27/h3-17H,1-2H3. The van der Waals surface area contributed by atoms with Gasteiger partial charge in [-0.1, -0.05) is 60.2 Å². The molecule has 0 radical (unpaired) electrons. The molecule has 0 N–H and O–H groups in total. The van der Waals surface area contributed by atoms with Crippen molar-refractivity contribution in [2.24, 2.45) is 0 Å². The van der Waals surface area contributed by atoms with Crippen molar-refractivity contribution in [2.75, 3.05) is 0 Å². The molecular weight excluding hydrogens is 462 g/mol. The molecule has 0 aliphatic rings. The molecule has 0 spiro atoms. The van der Waals surface area contributed by atoms with Gasteiger partial charge in [-0.15, -0.1) is 11.3 Å². The third-order valence-electron chi connectivity index (χ3n) is 7.14. The number of aromatic nitrogens is 1. The van der Waals surface area contributed by atoms with Crippen LogP contribution < -0.4 is 11.0 Å². The van der Waals surface area contributed by atoms with Gasteiger partial charge in [0.25, 0.3) is 5.56 Å². The Bertz CT molecular complexity index is 2220. The van der Waals surface area contributed by atoms with E-state index in [2.05, 4.69) is 25.1 Å². The van der Waals surface area contributed by atoms with Gasteiger partial charge in [-0.2, -0.15) is 0 Å². The maximum absolute atomic E-state index is 14.2. The molecule has 3 heterocycles. The first-order chi connectivity index (χ1) is 17.5. The smallest absolute Gasteiger partial charge is 0.264 e. The summed E-state index contributed by atoms with van der Waals surface area (Å²) in [5.74, 6) is 0. The minimum atomic E-state index is -0.0455. The van der Waals surface area contributed by atoms with Crippen LogP contribution in [0.1, 0.15) is 11.1 Å². The van der Waals surface area contributed by atoms with Gasteiger partial charge < -0.3 is 0 Å². The lowest BCUT2D eigenvalue weighted by Gasteiger charge is -2.13. The van der Waals surface area contributed by atoms with Gasteiger partial charge in [0.2, 0.25) is 0 Å². The zero-order chi connectivity index (χ0) is 24.6. The van der Waals surface area contributed by atoms with Gasteiger partial charge in [0.05, 0.1) is 16.4 Å². The molecule has 0 atom stereocenters. The van der Waals surface area contributed by atoms with Crippen LogP contribution in [-0.4, -0.2) is 4.40 Å². The molecule has 7 rings (SSSR count). The maximum atomic E-state index is 14.2. The Hall–Kier alpha value is -4.28. The summed E-state index contributed by atoms with van der Waals surface area (Å²) in [5, 5.41) is 8.44. The molecule has 4 aromatic carbocycles. The average Bonchev–Trinajstić information content (AvgIpc) is 3.39. The van der Waals surface area contributed by atoms with E-state index in [-0.39, 0.29) is 11.0 Å². The summed E-state index contributed by atoms with van der Waals surface area (Å²) in [5.41, 5.74) is 3.71. The normalized spacial score (nSPS) is 11.8. The summed E-state index contributed by atoms with van der Waals surface area (Å²) < 4.78 is 2.85. The fraction of sp³-hybridized carbons (Fsp3) is 0.0625. The predicted octanol–water partition coefficient (Wildman–Crippen LogP) is 7.67. The minimum Gasteiger partial charge on any atom is -0.289 e. The Kier molecular flexibility index (Phi) is 4.45. The zero-order valence-electron chi connectivity index (χ0n) is 19.8. The van der Waals surface area contributed by atoms with Crippen molar-refractivity contribution in [2.45, 2.75) is 13.8 Å². The van der Waals surface area contributed by atoms with E-state index in [1.807, 2.05) is 83.4 Å². The summed E-state index contributed by atoms with van der Waals surface area (Å²) in [4.78, 5) is 28.3. The largest absolute Gasteiger partial charge is 0.289 e. The molecule has 0 unspecified atom stereocenters. The molecule has 0 aliphatic heterocycles. The van der Waals surface area contributed by atoms with E-state index in [4.69, 9.17) is 0 Å². The first kappa shape index (κ1) is 21.0. The molecule has 36 heavy (non-hydrogen) atoms. The van der Waals surface area contributed by atoms with Crippen LogP contribution in [0.15, 0.2) is 99.9 Å². The van der Waals surface area contributed by atoms with E-state index in [9.17, 15) is 9.59 Å². The van der Waals surface area contributed by atoms with Crippen LogP contribution in [0.5, 0.6) is 0 Å². The van der Waals surface area contributed by atoms with Crippen LogP contribution in [0.4, 0.5) is 0 Å². The average molecular weight is 484 g/mol. The van der Waals surface area contributed by atoms with Crippen LogP contribution >= 0.6 is 11.3 Å². The number of fused-ring (bicyclic) bond motifs is 8. The Labute approximate surface area is 210 Å². The number of hydrogen-bond donors (Lipinski definition) is 0. The summed E-state index contributed by atoms with van der Waals surface area (Å²) in [6.07, 6.45) is 0. The monoisotopic (exact) mass is 483 g/mol. The fourth-order valence-electron chi connectivity index (χ4n) is 5.57. The highest BCUT2D eigenvalue weighted by Crippen LogP contribution is 2.35. The number of thiophene rings is 1. The minimum absolute atomic E-state index is 0.0173. The van der Waals surface area contributed by atoms with Gasteiger partial charge in [-0.25, -0.2) is 0 Å². The molecule has 0 aliphatic carbocycles. The van der Waals surface area contributed by atoms with Gasteiger partial charge >= 0.3 is 0 Å². The highest BCUT2D eigenvalue weighted by atomic mass is 32.1. The van der Waals surface area contributed by atoms with Crippen LogP contribution in [0.2, 0.25) is 0 Å². The van der Waals surface area contributed by atoms with Gasteiger partial charge in [0, 0.05) is 31.6 Å². The number of hydrogen-bond acceptors (Lipinski definition) is 3. The first-order valence-electron chi connectivity index (χ1n) is 11.9. The van der Waals surface area contributed by atoms with E-state index in [0.717, 1.165) is 53.8 Å². The summed E-state index contributed by atoms with van der Waals surface area (Å²) in [6.45, 7) is 4.11. The van der Waals surface area contributed by atoms with Crippen LogP contribution in [-0.2, 0) is 0 Å². The van der Waals surface area contributed by atoms with Gasteiger partial charge in [-0.05, 0) is 65.9 Å². The second-order valence-electron chi connectivity index (χ2n) is 9.45. The second-order valence-corrected chi connectivity index (χ2v) is 10.4. The summed E-state index contributed by atoms with van der Waals surface area (Å²) >= 11 is 1.59. The second kappa shape index (κ2) is 7.61. The van der Waals surface area contributed by atoms with E-state index >= 15 is 0 Å². The molecule has 0 saturated carbocycles. The molecule has 3 nitrogen and oxygen atoms in total. The van der Waals surface area contributed by atoms with E-state index in [1.165, 1.54) is 0 Å². The van der Waals surface area contributed by atoms with Crippen molar-refractivity contribution in [3.05, 3.63) is 122 Å². The van der Waals surface area contributed by atoms with E-state index in [1.54, 1.807) is 11.3 Å². The zero-order valence-corrected chi connectivity index (χ0v) is 20.6. The van der Waals surface area contributed by atoms with Crippen molar-refractivity contribution >= 4 is 70.2 Å². The number of aryl methyl sites for hydroxylation is 2. The molecule has 0 bridgehead atoms. The van der Waals surface area contributed by atoms with Crippen LogP contribution in [0, 0.1) is 13.8 Å². The lowest BCUT2D eigenvalue weighted by atomic mass is 9.99. The Morgan fingerprint density at radius 3 is 1.92 bits per heavy atom. The van der Waals surface area contributed by atoms with Crippen molar-refractivity contribution < 1.29 is 0 Å². The highest BCUT2D eigenvalue weighted by molar-refractivity contribution is 7.18. The summed E-state index contributed by atoms with van der Waals surface area (Å²) in [7, 11) is 0. The molecule has 172 valence electrons. The lowest BCUT2D eigenvalue weighted by Crippen LogP contribution is -2.14. The number of nitrogens with zero attached hydrogens (tertiary/aromatic N) is 1. The molecule has 0 saturated heterocycles. The molecule has 3 aromatic heterocycles. The van der Waals surface area contributed by atoms with E-state index < -0.39 is 0 Å². The highest BCUT2D eigenvalue weighted by Gasteiger charge is 2.16. The molecule has 7 aromatic rings. The van der Waals surface area contributed by atoms with Gasteiger partial charge in [-0.3, -0.25) is 14.0 Å².